The largest absolute Gasteiger partial charge is 0.466 e. The number of esters is 1. The molecule has 1 fully saturated rings. The first-order chi connectivity index (χ1) is 7.27. The Hall–Kier alpha value is -0.610. The van der Waals surface area contributed by atoms with Gasteiger partial charge in [0.2, 0.25) is 0 Å². The van der Waals surface area contributed by atoms with Gasteiger partial charge in [-0.05, 0) is 25.7 Å². The summed E-state index contributed by atoms with van der Waals surface area (Å²) in [6, 6.07) is -0.135. The van der Waals surface area contributed by atoms with Crippen molar-refractivity contribution >= 4 is 5.97 Å². The van der Waals surface area contributed by atoms with Crippen LogP contribution in [0.15, 0.2) is 0 Å². The minimum Gasteiger partial charge on any atom is -0.466 e. The third kappa shape index (κ3) is 4.18. The molecule has 0 heterocycles. The van der Waals surface area contributed by atoms with Crippen molar-refractivity contribution in [2.75, 3.05) is 6.61 Å². The molecule has 4 heteroatoms. The zero-order chi connectivity index (χ0) is 11.1. The van der Waals surface area contributed by atoms with E-state index in [9.17, 15) is 4.79 Å². The van der Waals surface area contributed by atoms with Gasteiger partial charge in [0.25, 0.3) is 0 Å². The molecule has 1 rings (SSSR count). The monoisotopic (exact) mass is 215 g/mol. The average Bonchev–Trinajstić information content (AvgIpc) is 2.27. The highest BCUT2D eigenvalue weighted by atomic mass is 16.5. The van der Waals surface area contributed by atoms with Gasteiger partial charge in [0.05, 0.1) is 13.0 Å². The highest BCUT2D eigenvalue weighted by Gasteiger charge is 2.25. The van der Waals surface area contributed by atoms with Gasteiger partial charge in [-0.25, -0.2) is 5.48 Å². The summed E-state index contributed by atoms with van der Waals surface area (Å²) in [5.74, 6) is 0.183. The smallest absolute Gasteiger partial charge is 0.307 e. The molecule has 0 aromatic heterocycles. The maximum Gasteiger partial charge on any atom is 0.307 e. The Morgan fingerprint density at radius 3 is 2.67 bits per heavy atom. The summed E-state index contributed by atoms with van der Waals surface area (Å²) in [4.78, 5) is 11.3. The van der Waals surface area contributed by atoms with E-state index in [1.807, 2.05) is 0 Å². The lowest BCUT2D eigenvalue weighted by Crippen LogP contribution is -2.37. The zero-order valence-electron chi connectivity index (χ0n) is 9.37. The molecule has 0 radical (unpaired) electrons. The van der Waals surface area contributed by atoms with Crippen LogP contribution >= 0.6 is 0 Å². The van der Waals surface area contributed by atoms with Crippen LogP contribution in [0.5, 0.6) is 0 Å². The van der Waals surface area contributed by atoms with Crippen molar-refractivity contribution in [1.29, 1.82) is 0 Å². The molecule has 88 valence electrons. The van der Waals surface area contributed by atoms with Gasteiger partial charge >= 0.3 is 5.97 Å². The van der Waals surface area contributed by atoms with E-state index in [2.05, 4.69) is 5.48 Å². The van der Waals surface area contributed by atoms with Crippen LogP contribution in [0.25, 0.3) is 0 Å². The van der Waals surface area contributed by atoms with Crippen molar-refractivity contribution in [3.63, 3.8) is 0 Å². The molecular weight excluding hydrogens is 194 g/mol. The van der Waals surface area contributed by atoms with Crippen molar-refractivity contribution in [3.8, 4) is 0 Å². The summed E-state index contributed by atoms with van der Waals surface area (Å²) in [5.41, 5.74) is 2.26. The maximum absolute atomic E-state index is 11.3. The average molecular weight is 215 g/mol. The van der Waals surface area contributed by atoms with E-state index < -0.39 is 0 Å². The van der Waals surface area contributed by atoms with Gasteiger partial charge in [-0.3, -0.25) is 4.79 Å². The van der Waals surface area contributed by atoms with Crippen molar-refractivity contribution in [3.05, 3.63) is 0 Å². The molecule has 2 N–H and O–H groups in total. The summed E-state index contributed by atoms with van der Waals surface area (Å²) in [6.45, 7) is 2.20. The Balaban J connectivity index is 2.36. The van der Waals surface area contributed by atoms with Gasteiger partial charge in [-0.15, -0.1) is 0 Å². The fourth-order valence-corrected chi connectivity index (χ4v) is 2.25. The molecule has 1 atom stereocenters. The van der Waals surface area contributed by atoms with Gasteiger partial charge in [0, 0.05) is 6.04 Å². The van der Waals surface area contributed by atoms with E-state index in [-0.39, 0.29) is 18.4 Å². The number of carbonyl (C=O) groups is 1. The number of rotatable bonds is 5. The number of carbonyl (C=O) groups excluding carboxylic acids is 1. The van der Waals surface area contributed by atoms with E-state index in [4.69, 9.17) is 9.94 Å². The van der Waals surface area contributed by atoms with Crippen molar-refractivity contribution in [1.82, 2.24) is 5.48 Å². The summed E-state index contributed by atoms with van der Waals surface area (Å²) in [6.07, 6.45) is 6.13. The number of ether oxygens (including phenoxy) is 1. The molecule has 0 spiro atoms. The Kier molecular flexibility index (Phi) is 5.65. The fraction of sp³-hybridized carbons (Fsp3) is 0.909. The number of hydroxylamine groups is 1. The molecule has 0 aromatic carbocycles. The quantitative estimate of drug-likeness (QED) is 0.543. The van der Waals surface area contributed by atoms with Crippen LogP contribution in [0.2, 0.25) is 0 Å². The van der Waals surface area contributed by atoms with Crippen LogP contribution in [0.1, 0.15) is 45.4 Å². The summed E-state index contributed by atoms with van der Waals surface area (Å²) in [5, 5.41) is 9.04. The van der Waals surface area contributed by atoms with E-state index in [1.165, 1.54) is 19.3 Å². The van der Waals surface area contributed by atoms with Crippen LogP contribution in [-0.4, -0.2) is 23.8 Å². The van der Waals surface area contributed by atoms with Crippen molar-refractivity contribution < 1.29 is 14.7 Å². The molecule has 1 saturated carbocycles. The lowest BCUT2D eigenvalue weighted by molar-refractivity contribution is -0.145. The van der Waals surface area contributed by atoms with Gasteiger partial charge < -0.3 is 9.94 Å². The lowest BCUT2D eigenvalue weighted by atomic mass is 9.83. The highest BCUT2D eigenvalue weighted by Crippen LogP contribution is 2.27. The first-order valence-electron chi connectivity index (χ1n) is 5.83. The molecule has 0 aliphatic heterocycles. The molecule has 0 amide bonds. The van der Waals surface area contributed by atoms with E-state index in [1.54, 1.807) is 6.92 Å². The molecule has 0 bridgehead atoms. The van der Waals surface area contributed by atoms with Crippen LogP contribution in [0, 0.1) is 5.92 Å². The van der Waals surface area contributed by atoms with Crippen LogP contribution in [-0.2, 0) is 9.53 Å². The first-order valence-corrected chi connectivity index (χ1v) is 5.83. The van der Waals surface area contributed by atoms with Crippen molar-refractivity contribution in [2.45, 2.75) is 51.5 Å². The molecular formula is C11H21NO3. The molecule has 0 aromatic rings. The second-order valence-electron chi connectivity index (χ2n) is 4.14. The molecule has 0 unspecified atom stereocenters. The maximum atomic E-state index is 11.3. The molecule has 4 nitrogen and oxygen atoms in total. The van der Waals surface area contributed by atoms with E-state index in [0.717, 1.165) is 12.8 Å². The van der Waals surface area contributed by atoms with Crippen LogP contribution in [0.4, 0.5) is 0 Å². The lowest BCUT2D eigenvalue weighted by Gasteiger charge is -2.28. The minimum atomic E-state index is -0.227. The minimum absolute atomic E-state index is 0.135. The Labute approximate surface area is 91.0 Å². The highest BCUT2D eigenvalue weighted by molar-refractivity contribution is 5.70. The molecule has 0 saturated heterocycles. The summed E-state index contributed by atoms with van der Waals surface area (Å²) in [7, 11) is 0. The summed E-state index contributed by atoms with van der Waals surface area (Å²) >= 11 is 0. The first kappa shape index (κ1) is 12.5. The number of hydrogen-bond acceptors (Lipinski definition) is 4. The van der Waals surface area contributed by atoms with Crippen LogP contribution < -0.4 is 5.48 Å². The SMILES string of the molecule is CCOC(=O)C[C@@H](NO)C1CCCCC1. The van der Waals surface area contributed by atoms with E-state index in [0.29, 0.717) is 12.5 Å². The normalized spacial score (nSPS) is 19.9. The standard InChI is InChI=1S/C11H21NO3/c1-2-15-11(13)8-10(12-14)9-6-4-3-5-7-9/h9-10,12,14H,2-8H2,1H3/t10-/m1/s1. The van der Waals surface area contributed by atoms with Gasteiger partial charge in [0.1, 0.15) is 0 Å². The van der Waals surface area contributed by atoms with Gasteiger partial charge in [-0.1, -0.05) is 19.3 Å². The Morgan fingerprint density at radius 1 is 1.47 bits per heavy atom. The van der Waals surface area contributed by atoms with Gasteiger partial charge in [0.15, 0.2) is 0 Å². The second kappa shape index (κ2) is 6.80. The second-order valence-corrected chi connectivity index (χ2v) is 4.14. The zero-order valence-corrected chi connectivity index (χ0v) is 9.37. The fourth-order valence-electron chi connectivity index (χ4n) is 2.25. The van der Waals surface area contributed by atoms with E-state index >= 15 is 0 Å². The summed E-state index contributed by atoms with van der Waals surface area (Å²) < 4.78 is 4.87. The molecule has 15 heavy (non-hydrogen) atoms. The Morgan fingerprint density at radius 2 is 2.13 bits per heavy atom. The van der Waals surface area contributed by atoms with Crippen LogP contribution in [0.3, 0.4) is 0 Å². The third-order valence-electron chi connectivity index (χ3n) is 3.08. The third-order valence-corrected chi connectivity index (χ3v) is 3.08. The number of hydrogen-bond donors (Lipinski definition) is 2. The predicted molar refractivity (Wildman–Crippen MR) is 56.5 cm³/mol. The topological polar surface area (TPSA) is 58.6 Å². The molecule has 1 aliphatic carbocycles. The van der Waals surface area contributed by atoms with Gasteiger partial charge in [-0.2, -0.15) is 0 Å². The number of nitrogens with one attached hydrogen (secondary N) is 1. The molecule has 1 aliphatic rings. The predicted octanol–water partition coefficient (Wildman–Crippen LogP) is 1.87. The van der Waals surface area contributed by atoms with Crippen molar-refractivity contribution in [2.24, 2.45) is 5.92 Å². The Bertz CT molecular complexity index is 190.